The number of aryl methyl sites for hydroxylation is 1. The monoisotopic (exact) mass is 302 g/mol. The number of nitrogens with one attached hydrogen (secondary N) is 2. The molecule has 0 aliphatic carbocycles. The number of rotatable bonds is 4. The number of hydrogen-bond donors (Lipinski definition) is 2. The molecule has 23 heavy (non-hydrogen) atoms. The number of para-hydroxylation sites is 1. The number of hydrogen-bond acceptors (Lipinski definition) is 4. The summed E-state index contributed by atoms with van der Waals surface area (Å²) in [7, 11) is 0. The SMILES string of the molecule is Cc1ccccc1NC(=O)c1cccc(NC=C(C#N)C#N)c1. The van der Waals surface area contributed by atoms with Crippen LogP contribution in [0, 0.1) is 29.6 Å². The molecule has 5 heteroatoms. The molecule has 0 aliphatic heterocycles. The highest BCUT2D eigenvalue weighted by Crippen LogP contribution is 2.16. The maximum Gasteiger partial charge on any atom is 0.255 e. The van der Waals surface area contributed by atoms with Gasteiger partial charge >= 0.3 is 0 Å². The highest BCUT2D eigenvalue weighted by molar-refractivity contribution is 6.05. The molecule has 0 saturated heterocycles. The molecule has 1 amide bonds. The third-order valence-electron chi connectivity index (χ3n) is 3.14. The second kappa shape index (κ2) is 7.44. The van der Waals surface area contributed by atoms with Crippen molar-refractivity contribution >= 4 is 17.3 Å². The molecule has 112 valence electrons. The Labute approximate surface area is 134 Å². The van der Waals surface area contributed by atoms with Crippen molar-refractivity contribution in [1.82, 2.24) is 0 Å². The van der Waals surface area contributed by atoms with E-state index in [1.54, 1.807) is 36.4 Å². The van der Waals surface area contributed by atoms with Crippen molar-refractivity contribution in [3.8, 4) is 12.1 Å². The molecule has 0 heterocycles. The second-order valence-corrected chi connectivity index (χ2v) is 4.78. The number of carbonyl (C=O) groups is 1. The van der Waals surface area contributed by atoms with E-state index in [0.29, 0.717) is 11.3 Å². The van der Waals surface area contributed by atoms with E-state index in [1.807, 2.05) is 31.2 Å². The zero-order valence-corrected chi connectivity index (χ0v) is 12.5. The highest BCUT2D eigenvalue weighted by atomic mass is 16.1. The fraction of sp³-hybridized carbons (Fsp3) is 0.0556. The van der Waals surface area contributed by atoms with Crippen LogP contribution in [0.2, 0.25) is 0 Å². The molecule has 2 rings (SSSR count). The Morgan fingerprint density at radius 2 is 1.83 bits per heavy atom. The molecule has 0 aromatic heterocycles. The Morgan fingerprint density at radius 1 is 1.09 bits per heavy atom. The lowest BCUT2D eigenvalue weighted by Crippen LogP contribution is -2.12. The summed E-state index contributed by atoms with van der Waals surface area (Å²) in [5.41, 5.74) is 2.78. The maximum atomic E-state index is 12.3. The molecular weight excluding hydrogens is 288 g/mol. The van der Waals surface area contributed by atoms with Gasteiger partial charge in [0.25, 0.3) is 5.91 Å². The highest BCUT2D eigenvalue weighted by Gasteiger charge is 2.08. The van der Waals surface area contributed by atoms with Gasteiger partial charge in [0.1, 0.15) is 17.7 Å². The molecule has 0 atom stereocenters. The quantitative estimate of drug-likeness (QED) is 0.845. The smallest absolute Gasteiger partial charge is 0.255 e. The van der Waals surface area contributed by atoms with Crippen LogP contribution in [-0.4, -0.2) is 5.91 Å². The number of benzene rings is 2. The summed E-state index contributed by atoms with van der Waals surface area (Å²) in [6, 6.07) is 17.8. The van der Waals surface area contributed by atoms with Crippen LogP contribution in [0.15, 0.2) is 60.3 Å². The van der Waals surface area contributed by atoms with Crippen molar-refractivity contribution < 1.29 is 4.79 Å². The third kappa shape index (κ3) is 4.20. The number of allylic oxidation sites excluding steroid dienone is 1. The average Bonchev–Trinajstić information content (AvgIpc) is 2.58. The molecule has 0 fully saturated rings. The summed E-state index contributed by atoms with van der Waals surface area (Å²) in [6.07, 6.45) is 1.30. The van der Waals surface area contributed by atoms with Gasteiger partial charge in [-0.25, -0.2) is 0 Å². The molecule has 5 nitrogen and oxygen atoms in total. The number of nitriles is 2. The van der Waals surface area contributed by atoms with Crippen LogP contribution in [0.4, 0.5) is 11.4 Å². The fourth-order valence-corrected chi connectivity index (χ4v) is 1.90. The van der Waals surface area contributed by atoms with Gasteiger partial charge in [0, 0.05) is 23.1 Å². The summed E-state index contributed by atoms with van der Waals surface area (Å²) < 4.78 is 0. The van der Waals surface area contributed by atoms with E-state index in [-0.39, 0.29) is 11.5 Å². The molecule has 0 spiro atoms. The van der Waals surface area contributed by atoms with Gasteiger partial charge in [0.15, 0.2) is 0 Å². The van der Waals surface area contributed by atoms with Gasteiger partial charge in [0.05, 0.1) is 0 Å². The lowest BCUT2D eigenvalue weighted by molar-refractivity contribution is 0.102. The largest absolute Gasteiger partial charge is 0.360 e. The Hall–Kier alpha value is -3.57. The Balaban J connectivity index is 2.15. The first kappa shape index (κ1) is 15.8. The molecule has 2 aromatic carbocycles. The molecule has 0 bridgehead atoms. The maximum absolute atomic E-state index is 12.3. The van der Waals surface area contributed by atoms with Crippen LogP contribution in [0.5, 0.6) is 0 Å². The first-order valence-corrected chi connectivity index (χ1v) is 6.88. The van der Waals surface area contributed by atoms with E-state index in [1.165, 1.54) is 6.20 Å². The van der Waals surface area contributed by atoms with Gasteiger partial charge in [-0.3, -0.25) is 4.79 Å². The van der Waals surface area contributed by atoms with Gasteiger partial charge < -0.3 is 10.6 Å². The van der Waals surface area contributed by atoms with Gasteiger partial charge in [-0.2, -0.15) is 10.5 Å². The van der Waals surface area contributed by atoms with E-state index in [4.69, 9.17) is 10.5 Å². The lowest BCUT2D eigenvalue weighted by atomic mass is 10.1. The van der Waals surface area contributed by atoms with Crippen LogP contribution in [0.25, 0.3) is 0 Å². The van der Waals surface area contributed by atoms with Crippen molar-refractivity contribution in [3.05, 3.63) is 71.4 Å². The number of nitrogens with zero attached hydrogens (tertiary/aromatic N) is 2. The van der Waals surface area contributed by atoms with Crippen molar-refractivity contribution in [2.24, 2.45) is 0 Å². The Bertz CT molecular complexity index is 825. The van der Waals surface area contributed by atoms with Crippen molar-refractivity contribution in [2.45, 2.75) is 6.92 Å². The molecule has 0 radical (unpaired) electrons. The second-order valence-electron chi connectivity index (χ2n) is 4.78. The molecule has 0 unspecified atom stereocenters. The lowest BCUT2D eigenvalue weighted by Gasteiger charge is -2.09. The third-order valence-corrected chi connectivity index (χ3v) is 3.14. The minimum Gasteiger partial charge on any atom is -0.360 e. The molecule has 2 N–H and O–H groups in total. The van der Waals surface area contributed by atoms with Crippen molar-refractivity contribution in [1.29, 1.82) is 10.5 Å². The first-order chi connectivity index (χ1) is 11.1. The topological polar surface area (TPSA) is 88.7 Å². The predicted molar refractivity (Wildman–Crippen MR) is 88.5 cm³/mol. The summed E-state index contributed by atoms with van der Waals surface area (Å²) in [5, 5.41) is 23.1. The fourth-order valence-electron chi connectivity index (χ4n) is 1.90. The van der Waals surface area contributed by atoms with Crippen LogP contribution in [-0.2, 0) is 0 Å². The summed E-state index contributed by atoms with van der Waals surface area (Å²) in [6.45, 7) is 1.92. The van der Waals surface area contributed by atoms with E-state index in [9.17, 15) is 4.79 Å². The predicted octanol–water partition coefficient (Wildman–Crippen LogP) is 3.59. The van der Waals surface area contributed by atoms with Gasteiger partial charge in [-0.1, -0.05) is 24.3 Å². The summed E-state index contributed by atoms with van der Waals surface area (Å²) in [4.78, 5) is 12.3. The van der Waals surface area contributed by atoms with E-state index in [0.717, 1.165) is 11.3 Å². The molecule has 0 aliphatic rings. The number of carbonyl (C=O) groups excluding carboxylic acids is 1. The van der Waals surface area contributed by atoms with Gasteiger partial charge in [0.2, 0.25) is 0 Å². The molecule has 2 aromatic rings. The minimum atomic E-state index is -0.229. The standard InChI is InChI=1S/C18H14N4O/c1-13-5-2-3-8-17(13)22-18(23)15-6-4-7-16(9-15)21-12-14(10-19)11-20/h2-9,12,21H,1H3,(H,22,23). The van der Waals surface area contributed by atoms with E-state index >= 15 is 0 Å². The van der Waals surface area contributed by atoms with E-state index in [2.05, 4.69) is 10.6 Å². The molecule has 0 saturated carbocycles. The minimum absolute atomic E-state index is 0.0419. The van der Waals surface area contributed by atoms with Crippen molar-refractivity contribution in [2.75, 3.05) is 10.6 Å². The number of anilines is 2. The Kier molecular flexibility index (Phi) is 5.12. The number of amides is 1. The van der Waals surface area contributed by atoms with Crippen LogP contribution >= 0.6 is 0 Å². The normalized spacial score (nSPS) is 9.17. The average molecular weight is 302 g/mol. The van der Waals surface area contributed by atoms with Crippen LogP contribution in [0.1, 0.15) is 15.9 Å². The summed E-state index contributed by atoms with van der Waals surface area (Å²) >= 11 is 0. The van der Waals surface area contributed by atoms with Crippen LogP contribution in [0.3, 0.4) is 0 Å². The Morgan fingerprint density at radius 3 is 2.52 bits per heavy atom. The zero-order valence-electron chi connectivity index (χ0n) is 12.5. The van der Waals surface area contributed by atoms with Gasteiger partial charge in [-0.15, -0.1) is 0 Å². The molecular formula is C18H14N4O. The van der Waals surface area contributed by atoms with Crippen LogP contribution < -0.4 is 10.6 Å². The summed E-state index contributed by atoms with van der Waals surface area (Å²) in [5.74, 6) is -0.229. The first-order valence-electron chi connectivity index (χ1n) is 6.88. The van der Waals surface area contributed by atoms with Crippen molar-refractivity contribution in [3.63, 3.8) is 0 Å². The zero-order chi connectivity index (χ0) is 16.7. The van der Waals surface area contributed by atoms with Gasteiger partial charge in [-0.05, 0) is 36.8 Å². The van der Waals surface area contributed by atoms with E-state index < -0.39 is 0 Å².